The molecule has 0 bridgehead atoms. The maximum Gasteiger partial charge on any atom is 0.353 e. The number of hydrogen-bond acceptors (Lipinski definition) is 5. The van der Waals surface area contributed by atoms with E-state index in [1.54, 1.807) is 6.20 Å². The van der Waals surface area contributed by atoms with Gasteiger partial charge in [0.2, 0.25) is 5.60 Å². The summed E-state index contributed by atoms with van der Waals surface area (Å²) in [5.74, 6) is -0.372. The minimum absolute atomic E-state index is 0.372. The Kier molecular flexibility index (Phi) is 4.35. The largest absolute Gasteiger partial charge is 0.466 e. The van der Waals surface area contributed by atoms with Crippen molar-refractivity contribution >= 4 is 38.5 Å². The van der Waals surface area contributed by atoms with Crippen molar-refractivity contribution < 1.29 is 14.4 Å². The highest BCUT2D eigenvalue weighted by Gasteiger charge is 2.47. The van der Waals surface area contributed by atoms with Crippen molar-refractivity contribution in [3.05, 3.63) is 40.5 Å². The van der Waals surface area contributed by atoms with Crippen LogP contribution in [-0.2, 0) is 14.4 Å². The monoisotopic (exact) mass is 376 g/mol. The Hall–Kier alpha value is -1.95. The van der Waals surface area contributed by atoms with E-state index in [0.29, 0.717) is 12.8 Å². The van der Waals surface area contributed by atoms with Crippen molar-refractivity contribution in [1.29, 1.82) is 0 Å². The van der Waals surface area contributed by atoms with Crippen LogP contribution >= 0.6 is 15.9 Å². The molecular formula is C17H17BrN2O3. The quantitative estimate of drug-likeness (QED) is 0.760. The van der Waals surface area contributed by atoms with E-state index in [1.807, 2.05) is 31.2 Å². The van der Waals surface area contributed by atoms with Gasteiger partial charge in [0, 0.05) is 34.5 Å². The molecule has 0 N–H and O–H groups in total. The first-order valence-corrected chi connectivity index (χ1v) is 8.26. The van der Waals surface area contributed by atoms with E-state index in [4.69, 9.17) is 9.57 Å². The summed E-state index contributed by atoms with van der Waals surface area (Å²) in [7, 11) is 1.38. The van der Waals surface area contributed by atoms with Crippen molar-refractivity contribution in [1.82, 2.24) is 4.98 Å². The molecule has 1 aliphatic rings. The highest BCUT2D eigenvalue weighted by molar-refractivity contribution is 9.10. The van der Waals surface area contributed by atoms with E-state index < -0.39 is 5.60 Å². The van der Waals surface area contributed by atoms with Crippen LogP contribution in [-0.4, -0.2) is 29.4 Å². The van der Waals surface area contributed by atoms with E-state index in [2.05, 4.69) is 26.1 Å². The van der Waals surface area contributed by atoms with Gasteiger partial charge in [-0.05, 0) is 34.1 Å². The van der Waals surface area contributed by atoms with Gasteiger partial charge in [-0.15, -0.1) is 0 Å². The number of hydrogen-bond donors (Lipinski definition) is 0. The summed E-state index contributed by atoms with van der Waals surface area (Å²) in [4.78, 5) is 22.0. The predicted octanol–water partition coefficient (Wildman–Crippen LogP) is 3.83. The number of pyridine rings is 1. The predicted molar refractivity (Wildman–Crippen MR) is 91.3 cm³/mol. The second-order valence-corrected chi connectivity index (χ2v) is 6.52. The van der Waals surface area contributed by atoms with Crippen molar-refractivity contribution in [2.45, 2.75) is 31.8 Å². The Morgan fingerprint density at radius 3 is 3.00 bits per heavy atom. The molecule has 1 atom stereocenters. The molecule has 1 aromatic carbocycles. The summed E-state index contributed by atoms with van der Waals surface area (Å²) in [5, 5.41) is 5.17. The Bertz CT molecular complexity index is 791. The van der Waals surface area contributed by atoms with E-state index in [1.165, 1.54) is 7.11 Å². The molecule has 0 amide bonds. The zero-order valence-electron chi connectivity index (χ0n) is 13.0. The number of halogens is 1. The van der Waals surface area contributed by atoms with Crippen LogP contribution in [0.5, 0.6) is 0 Å². The molecule has 1 aliphatic heterocycles. The molecule has 1 aromatic heterocycles. The van der Waals surface area contributed by atoms with Gasteiger partial charge >= 0.3 is 5.97 Å². The SMILES string of the molecule is CCCC1(C(=O)OC)CC(c2ccc3ncc(Br)cc3c2)=NO1. The zero-order valence-corrected chi connectivity index (χ0v) is 14.6. The maximum atomic E-state index is 12.1. The van der Waals surface area contributed by atoms with Gasteiger partial charge in [0.05, 0.1) is 18.3 Å². The maximum absolute atomic E-state index is 12.1. The van der Waals surface area contributed by atoms with Crippen LogP contribution in [0.3, 0.4) is 0 Å². The van der Waals surface area contributed by atoms with Crippen LogP contribution in [0.15, 0.2) is 40.1 Å². The first-order chi connectivity index (χ1) is 11.1. The number of rotatable bonds is 4. The normalized spacial score (nSPS) is 20.2. The van der Waals surface area contributed by atoms with Gasteiger partial charge in [-0.25, -0.2) is 4.79 Å². The fourth-order valence-corrected chi connectivity index (χ4v) is 3.20. The van der Waals surface area contributed by atoms with Crippen LogP contribution in [0, 0.1) is 0 Å². The smallest absolute Gasteiger partial charge is 0.353 e. The van der Waals surface area contributed by atoms with Crippen LogP contribution < -0.4 is 0 Å². The average Bonchev–Trinajstić information content (AvgIpc) is 2.99. The molecule has 0 saturated carbocycles. The van der Waals surface area contributed by atoms with Crippen molar-refractivity contribution in [3.63, 3.8) is 0 Å². The van der Waals surface area contributed by atoms with Crippen molar-refractivity contribution in [2.24, 2.45) is 5.16 Å². The van der Waals surface area contributed by atoms with Gasteiger partial charge in [-0.2, -0.15) is 0 Å². The second kappa shape index (κ2) is 6.28. The molecule has 0 radical (unpaired) electrons. The number of fused-ring (bicyclic) bond motifs is 1. The fraction of sp³-hybridized carbons (Fsp3) is 0.353. The molecule has 120 valence electrons. The number of nitrogens with zero attached hydrogens (tertiary/aromatic N) is 2. The molecule has 0 fully saturated rings. The topological polar surface area (TPSA) is 60.8 Å². The molecule has 6 heteroatoms. The fourth-order valence-electron chi connectivity index (χ4n) is 2.85. The van der Waals surface area contributed by atoms with Gasteiger partial charge in [-0.1, -0.05) is 24.6 Å². The Labute approximate surface area is 142 Å². The molecular weight excluding hydrogens is 360 g/mol. The zero-order chi connectivity index (χ0) is 16.4. The van der Waals surface area contributed by atoms with Gasteiger partial charge in [-0.3, -0.25) is 4.98 Å². The molecule has 1 unspecified atom stereocenters. The van der Waals surface area contributed by atoms with Gasteiger partial charge in [0.1, 0.15) is 0 Å². The standard InChI is InChI=1S/C17H17BrN2O3/c1-3-6-17(16(21)22-2)9-15(20-23-17)11-4-5-14-12(7-11)8-13(18)10-19-14/h4-5,7-8,10H,3,6,9H2,1-2H3. The van der Waals surface area contributed by atoms with Gasteiger partial charge in [0.25, 0.3) is 0 Å². The van der Waals surface area contributed by atoms with Crippen LogP contribution in [0.25, 0.3) is 10.9 Å². The Morgan fingerprint density at radius 2 is 2.26 bits per heavy atom. The Balaban J connectivity index is 1.92. The first-order valence-electron chi connectivity index (χ1n) is 7.47. The summed E-state index contributed by atoms with van der Waals surface area (Å²) < 4.78 is 5.82. The molecule has 0 aliphatic carbocycles. The van der Waals surface area contributed by atoms with E-state index >= 15 is 0 Å². The number of esters is 1. The van der Waals surface area contributed by atoms with Crippen molar-refractivity contribution in [3.8, 4) is 0 Å². The molecule has 3 rings (SSSR count). The number of methoxy groups -OCH3 is 1. The number of carbonyl (C=O) groups excluding carboxylic acids is 1. The summed E-state index contributed by atoms with van der Waals surface area (Å²) in [6.45, 7) is 2.01. The lowest BCUT2D eigenvalue weighted by Gasteiger charge is -2.22. The summed E-state index contributed by atoms with van der Waals surface area (Å²) in [6.07, 6.45) is 3.57. The highest BCUT2D eigenvalue weighted by atomic mass is 79.9. The number of aromatic nitrogens is 1. The first kappa shape index (κ1) is 15.9. The van der Waals surface area contributed by atoms with E-state index in [0.717, 1.165) is 33.1 Å². The lowest BCUT2D eigenvalue weighted by molar-refractivity contribution is -0.167. The average molecular weight is 377 g/mol. The van der Waals surface area contributed by atoms with Crippen LogP contribution in [0.1, 0.15) is 31.7 Å². The molecule has 5 nitrogen and oxygen atoms in total. The Morgan fingerprint density at radius 1 is 1.43 bits per heavy atom. The lowest BCUT2D eigenvalue weighted by Crippen LogP contribution is -2.40. The van der Waals surface area contributed by atoms with Crippen LogP contribution in [0.4, 0.5) is 0 Å². The highest BCUT2D eigenvalue weighted by Crippen LogP contribution is 2.33. The molecule has 23 heavy (non-hydrogen) atoms. The van der Waals surface area contributed by atoms with E-state index in [-0.39, 0.29) is 5.97 Å². The number of ether oxygens (including phenoxy) is 1. The molecule has 2 aromatic rings. The minimum atomic E-state index is -0.997. The van der Waals surface area contributed by atoms with Crippen molar-refractivity contribution in [2.75, 3.05) is 7.11 Å². The van der Waals surface area contributed by atoms with Gasteiger partial charge in [0.15, 0.2) is 0 Å². The number of oxime groups is 1. The lowest BCUT2D eigenvalue weighted by atomic mass is 9.90. The third-order valence-electron chi connectivity index (χ3n) is 3.98. The van der Waals surface area contributed by atoms with E-state index in [9.17, 15) is 4.79 Å². The molecule has 0 spiro atoms. The summed E-state index contributed by atoms with van der Waals surface area (Å²) >= 11 is 3.43. The minimum Gasteiger partial charge on any atom is -0.466 e. The third-order valence-corrected chi connectivity index (χ3v) is 4.41. The molecule has 0 saturated heterocycles. The van der Waals surface area contributed by atoms with Crippen LogP contribution in [0.2, 0.25) is 0 Å². The second-order valence-electron chi connectivity index (χ2n) is 5.60. The number of benzene rings is 1. The molecule has 2 heterocycles. The number of carbonyl (C=O) groups is 1. The summed E-state index contributed by atoms with van der Waals surface area (Å²) in [5.41, 5.74) is 1.60. The van der Waals surface area contributed by atoms with Gasteiger partial charge < -0.3 is 9.57 Å². The third kappa shape index (κ3) is 2.95. The summed E-state index contributed by atoms with van der Waals surface area (Å²) in [6, 6.07) is 7.90.